The van der Waals surface area contributed by atoms with Crippen LogP contribution in [0.5, 0.6) is 0 Å². The highest BCUT2D eigenvalue weighted by Crippen LogP contribution is 2.28. The number of nitrogens with zero attached hydrogens (tertiary/aromatic N) is 1. The van der Waals surface area contributed by atoms with Gasteiger partial charge in [-0.25, -0.2) is 0 Å². The van der Waals surface area contributed by atoms with Crippen molar-refractivity contribution in [2.24, 2.45) is 0 Å². The molecule has 96 valence electrons. The monoisotopic (exact) mass is 240 g/mol. The summed E-state index contributed by atoms with van der Waals surface area (Å²) in [5.41, 5.74) is 0. The van der Waals surface area contributed by atoms with E-state index in [1.807, 2.05) is 4.90 Å². The van der Waals surface area contributed by atoms with Gasteiger partial charge in [0.15, 0.2) is 0 Å². The molecule has 1 unspecified atom stereocenters. The molecule has 1 atom stereocenters. The van der Waals surface area contributed by atoms with E-state index in [-0.39, 0.29) is 18.4 Å². The van der Waals surface area contributed by atoms with Gasteiger partial charge in [0.2, 0.25) is 5.91 Å². The molecule has 0 aromatic heterocycles. The van der Waals surface area contributed by atoms with E-state index < -0.39 is 5.97 Å². The molecule has 0 aliphatic carbocycles. The lowest BCUT2D eigenvalue weighted by Crippen LogP contribution is -2.47. The third-order valence-corrected chi connectivity index (χ3v) is 3.77. The Labute approximate surface area is 101 Å². The topological polar surface area (TPSA) is 69.6 Å². The predicted octanol–water partition coefficient (Wildman–Crippen LogP) is 0.594. The summed E-state index contributed by atoms with van der Waals surface area (Å²) in [6.07, 6.45) is 4.18. The molecule has 2 saturated heterocycles. The zero-order chi connectivity index (χ0) is 12.3. The van der Waals surface area contributed by atoms with Crippen LogP contribution in [-0.4, -0.2) is 47.1 Å². The first-order valence-electron chi connectivity index (χ1n) is 6.42. The molecule has 2 aliphatic heterocycles. The van der Waals surface area contributed by atoms with Crippen LogP contribution < -0.4 is 5.32 Å². The van der Waals surface area contributed by atoms with E-state index in [1.54, 1.807) is 0 Å². The number of likely N-dealkylation sites (tertiary alicyclic amines) is 1. The van der Waals surface area contributed by atoms with Gasteiger partial charge in [0.25, 0.3) is 0 Å². The van der Waals surface area contributed by atoms with Crippen molar-refractivity contribution in [3.8, 4) is 0 Å². The summed E-state index contributed by atoms with van der Waals surface area (Å²) in [6, 6.07) is 0.478. The smallest absolute Gasteiger partial charge is 0.303 e. The van der Waals surface area contributed by atoms with Crippen molar-refractivity contribution < 1.29 is 14.7 Å². The standard InChI is InChI=1S/C12H20N2O3/c15-11-3-1-9(2-4-12(16)17)14(11)10-5-7-13-8-6-10/h9-10,13H,1-8H2,(H,16,17). The summed E-state index contributed by atoms with van der Waals surface area (Å²) in [6.45, 7) is 1.92. The number of hydrogen-bond acceptors (Lipinski definition) is 3. The third-order valence-electron chi connectivity index (χ3n) is 3.77. The van der Waals surface area contributed by atoms with Crippen LogP contribution in [0.25, 0.3) is 0 Å². The Hall–Kier alpha value is -1.10. The average Bonchev–Trinajstić information content (AvgIpc) is 2.69. The summed E-state index contributed by atoms with van der Waals surface area (Å²) < 4.78 is 0. The van der Waals surface area contributed by atoms with Crippen molar-refractivity contribution in [3.05, 3.63) is 0 Å². The van der Waals surface area contributed by atoms with Gasteiger partial charge in [0, 0.05) is 24.9 Å². The Morgan fingerprint density at radius 1 is 1.35 bits per heavy atom. The second-order valence-corrected chi connectivity index (χ2v) is 4.91. The third kappa shape index (κ3) is 2.97. The molecule has 5 nitrogen and oxygen atoms in total. The number of carboxylic acids is 1. The van der Waals surface area contributed by atoms with Crippen LogP contribution in [0.15, 0.2) is 0 Å². The number of carbonyl (C=O) groups is 2. The van der Waals surface area contributed by atoms with Crippen LogP contribution in [0.3, 0.4) is 0 Å². The van der Waals surface area contributed by atoms with Gasteiger partial charge >= 0.3 is 5.97 Å². The van der Waals surface area contributed by atoms with E-state index in [0.717, 1.165) is 32.4 Å². The number of amides is 1. The van der Waals surface area contributed by atoms with Crippen LogP contribution in [-0.2, 0) is 9.59 Å². The predicted molar refractivity (Wildman–Crippen MR) is 62.6 cm³/mol. The van der Waals surface area contributed by atoms with E-state index in [2.05, 4.69) is 5.32 Å². The van der Waals surface area contributed by atoms with Gasteiger partial charge in [-0.3, -0.25) is 9.59 Å². The minimum Gasteiger partial charge on any atom is -0.481 e. The van der Waals surface area contributed by atoms with Crippen molar-refractivity contribution in [3.63, 3.8) is 0 Å². The summed E-state index contributed by atoms with van der Waals surface area (Å²) in [4.78, 5) is 24.5. The zero-order valence-corrected chi connectivity index (χ0v) is 10.0. The summed E-state index contributed by atoms with van der Waals surface area (Å²) in [5, 5.41) is 12.0. The molecule has 2 heterocycles. The second kappa shape index (κ2) is 5.49. The Kier molecular flexibility index (Phi) is 3.99. The molecule has 5 heteroatoms. The molecule has 0 saturated carbocycles. The molecule has 2 rings (SSSR count). The van der Waals surface area contributed by atoms with E-state index >= 15 is 0 Å². The molecule has 0 radical (unpaired) electrons. The summed E-state index contributed by atoms with van der Waals surface area (Å²) in [5.74, 6) is -0.554. The number of piperidine rings is 1. The lowest BCUT2D eigenvalue weighted by molar-refractivity contribution is -0.138. The maximum absolute atomic E-state index is 11.9. The van der Waals surface area contributed by atoms with Crippen LogP contribution in [0.1, 0.15) is 38.5 Å². The van der Waals surface area contributed by atoms with E-state index in [4.69, 9.17) is 5.11 Å². The molecular formula is C12H20N2O3. The first-order chi connectivity index (χ1) is 8.18. The van der Waals surface area contributed by atoms with E-state index in [0.29, 0.717) is 18.9 Å². The molecular weight excluding hydrogens is 220 g/mol. The fourth-order valence-electron chi connectivity index (χ4n) is 2.92. The van der Waals surface area contributed by atoms with Crippen molar-refractivity contribution in [2.45, 2.75) is 50.6 Å². The van der Waals surface area contributed by atoms with Gasteiger partial charge < -0.3 is 15.3 Å². The number of hydrogen-bond donors (Lipinski definition) is 2. The average molecular weight is 240 g/mol. The first-order valence-corrected chi connectivity index (χ1v) is 6.42. The zero-order valence-electron chi connectivity index (χ0n) is 10.0. The summed E-state index contributed by atoms with van der Waals surface area (Å²) >= 11 is 0. The number of carboxylic acid groups (broad SMARTS) is 1. The molecule has 2 N–H and O–H groups in total. The van der Waals surface area contributed by atoms with Crippen LogP contribution in [0.4, 0.5) is 0 Å². The van der Waals surface area contributed by atoms with E-state index in [9.17, 15) is 9.59 Å². The van der Waals surface area contributed by atoms with E-state index in [1.165, 1.54) is 0 Å². The number of nitrogens with one attached hydrogen (secondary N) is 1. The summed E-state index contributed by atoms with van der Waals surface area (Å²) in [7, 11) is 0. The minimum absolute atomic E-state index is 0.154. The maximum Gasteiger partial charge on any atom is 0.303 e. The Morgan fingerprint density at radius 2 is 2.06 bits per heavy atom. The van der Waals surface area contributed by atoms with Crippen molar-refractivity contribution >= 4 is 11.9 Å². The molecule has 0 aromatic carbocycles. The van der Waals surface area contributed by atoms with Crippen molar-refractivity contribution in [2.75, 3.05) is 13.1 Å². The van der Waals surface area contributed by atoms with Crippen LogP contribution >= 0.6 is 0 Å². The lowest BCUT2D eigenvalue weighted by atomic mass is 10.0. The number of rotatable bonds is 4. The van der Waals surface area contributed by atoms with Gasteiger partial charge in [0.05, 0.1) is 0 Å². The maximum atomic E-state index is 11.9. The largest absolute Gasteiger partial charge is 0.481 e. The molecule has 2 aliphatic rings. The Balaban J connectivity index is 1.95. The molecule has 2 fully saturated rings. The molecule has 0 spiro atoms. The fraction of sp³-hybridized carbons (Fsp3) is 0.833. The van der Waals surface area contributed by atoms with Gasteiger partial charge in [-0.1, -0.05) is 0 Å². The highest BCUT2D eigenvalue weighted by atomic mass is 16.4. The SMILES string of the molecule is O=C(O)CCC1CCC(=O)N1C1CCNCC1. The van der Waals surface area contributed by atoms with Crippen LogP contribution in [0, 0.1) is 0 Å². The fourth-order valence-corrected chi connectivity index (χ4v) is 2.92. The highest BCUT2D eigenvalue weighted by Gasteiger charge is 2.36. The Morgan fingerprint density at radius 3 is 2.71 bits per heavy atom. The number of carbonyl (C=O) groups excluding carboxylic acids is 1. The van der Waals surface area contributed by atoms with Gasteiger partial charge in [-0.05, 0) is 38.8 Å². The second-order valence-electron chi connectivity index (χ2n) is 4.91. The van der Waals surface area contributed by atoms with Crippen molar-refractivity contribution in [1.82, 2.24) is 10.2 Å². The van der Waals surface area contributed by atoms with Crippen LogP contribution in [0.2, 0.25) is 0 Å². The highest BCUT2D eigenvalue weighted by molar-refractivity contribution is 5.79. The van der Waals surface area contributed by atoms with Gasteiger partial charge in [-0.15, -0.1) is 0 Å². The Bertz CT molecular complexity index is 300. The van der Waals surface area contributed by atoms with Crippen molar-refractivity contribution in [1.29, 1.82) is 0 Å². The molecule has 1 amide bonds. The normalized spacial score (nSPS) is 26.5. The minimum atomic E-state index is -0.769. The lowest BCUT2D eigenvalue weighted by Gasteiger charge is -2.36. The quantitative estimate of drug-likeness (QED) is 0.754. The molecule has 0 bridgehead atoms. The first kappa shape index (κ1) is 12.4. The molecule has 17 heavy (non-hydrogen) atoms. The van der Waals surface area contributed by atoms with Gasteiger partial charge in [0.1, 0.15) is 0 Å². The van der Waals surface area contributed by atoms with Gasteiger partial charge in [-0.2, -0.15) is 0 Å². The molecule has 0 aromatic rings. The number of aliphatic carboxylic acids is 1.